The number of nitrogen functional groups attached to an aromatic ring is 1. The Bertz CT molecular complexity index is 3250. The number of Topliss-reactive ketones (excluding diaryl/α,β-unsaturated/α-hetero) is 1. The number of benzene rings is 5. The van der Waals surface area contributed by atoms with Gasteiger partial charge in [0, 0.05) is 22.0 Å². The zero-order chi connectivity index (χ0) is 42.9. The molecular formula is C32H15Cu2N5Na4O17S4. The van der Waals surface area contributed by atoms with Crippen LogP contribution in [0.5, 0.6) is 23.0 Å². The maximum absolute atomic E-state index is 13.2. The number of azo groups is 1. The van der Waals surface area contributed by atoms with Gasteiger partial charge in [-0.3, -0.25) is 10.2 Å². The number of nitrogens with zero attached hydrogens (tertiary/aromatic N) is 3. The van der Waals surface area contributed by atoms with Gasteiger partial charge in [0.15, 0.2) is 0 Å². The Morgan fingerprint density at radius 1 is 0.578 bits per heavy atom. The molecule has 0 aliphatic heterocycles. The molecule has 0 bridgehead atoms. The summed E-state index contributed by atoms with van der Waals surface area (Å²) in [6.45, 7) is 0. The Hall–Kier alpha value is -1.48. The third-order valence-electron chi connectivity index (χ3n) is 8.19. The second kappa shape index (κ2) is 23.2. The smallest absolute Gasteiger partial charge is 0.872 e. The standard InChI is InChI=1S/C32H23N5O17S4.2Cu.4Na/c33-29-25(57(49,50)51)12-24(56(46,47)48)17-3-6-20(31(41)28(17)29)36-34-18-4-1-13(8-21(18)38)14-2-5-19(22(39)9-14)35-37-30-26(58(52,53)54)10-15-7-16(55(43,44)45)11-23(40)27(15)32(30)42;;;;;;/h1-12,35,38-41H,33H2,(H,43,44,45)(H,46,47,48)(H,49,50,51)(H,52,53,54);;;;;;/q;2*+2;4*+1/p-8. The van der Waals surface area contributed by atoms with Crippen molar-refractivity contribution in [3.63, 3.8) is 0 Å². The van der Waals surface area contributed by atoms with Gasteiger partial charge in [-0.1, -0.05) is 59.4 Å². The first-order valence-corrected chi connectivity index (χ1v) is 20.8. The van der Waals surface area contributed by atoms with Crippen molar-refractivity contribution in [1.82, 2.24) is 0 Å². The number of hydrogen-bond acceptors (Lipinski definition) is 22. The summed E-state index contributed by atoms with van der Waals surface area (Å²) in [6.07, 6.45) is 0.470. The molecule has 1 aliphatic rings. The van der Waals surface area contributed by atoms with Crippen molar-refractivity contribution >= 4 is 91.6 Å². The second-order valence-corrected chi connectivity index (χ2v) is 17.3. The SMILES string of the molecule is Nc1c(S(=O)(=O)[O-])cc(S(=O)(=O)[O-])c2ccc(N=Nc3ccc(-c4ccc(NN=C5C(=O)c6c([O-])cc(S(=O)(=O)[O-])cc6C=C5S(=O)(=O)[O-])c([O-])c4)cc3[O-])c([O-])c12.[Cu+2].[Cu+2].[Na+].[Na+].[Na+].[Na+]. The minimum atomic E-state index is -5.54. The average Bonchev–Trinajstić information content (AvgIpc) is 3.09. The van der Waals surface area contributed by atoms with Crippen molar-refractivity contribution < 1.29 is 229 Å². The number of carbonyl (C=O) groups excluding carboxylic acids is 1. The van der Waals surface area contributed by atoms with Crippen molar-refractivity contribution in [3.8, 4) is 34.1 Å². The number of ketones is 1. The van der Waals surface area contributed by atoms with Gasteiger partial charge in [-0.05, 0) is 53.1 Å². The van der Waals surface area contributed by atoms with Crippen LogP contribution in [-0.2, 0) is 74.6 Å². The molecule has 32 heteroatoms. The fraction of sp³-hybridized carbons (Fsp3) is 0. The van der Waals surface area contributed by atoms with Gasteiger partial charge in [0.2, 0.25) is 5.78 Å². The molecule has 2 radical (unpaired) electrons. The van der Waals surface area contributed by atoms with Gasteiger partial charge >= 0.3 is 152 Å². The Balaban J connectivity index is 0.00000661. The summed E-state index contributed by atoms with van der Waals surface area (Å²) in [7, 11) is -21.7. The van der Waals surface area contributed by atoms with Crippen LogP contribution < -0.4 is 150 Å². The van der Waals surface area contributed by atoms with E-state index in [-0.39, 0.29) is 170 Å². The molecule has 5 aromatic rings. The molecule has 64 heavy (non-hydrogen) atoms. The summed E-state index contributed by atoms with van der Waals surface area (Å²) < 4.78 is 141. The number of hydrogen-bond donors (Lipinski definition) is 2. The summed E-state index contributed by atoms with van der Waals surface area (Å²) >= 11 is 0. The normalized spacial score (nSPS) is 13.2. The van der Waals surface area contributed by atoms with Crippen LogP contribution in [0.15, 0.2) is 102 Å². The van der Waals surface area contributed by atoms with Crippen LogP contribution in [0.3, 0.4) is 0 Å². The first-order chi connectivity index (χ1) is 26.8. The first-order valence-electron chi connectivity index (χ1n) is 15.2. The molecule has 0 atom stereocenters. The molecule has 1 aliphatic carbocycles. The van der Waals surface area contributed by atoms with Crippen LogP contribution in [0.4, 0.5) is 22.7 Å². The maximum Gasteiger partial charge on any atom is 2.00 e. The Labute approximate surface area is 472 Å². The van der Waals surface area contributed by atoms with Crippen molar-refractivity contribution in [2.45, 2.75) is 14.7 Å². The molecule has 320 valence electrons. The monoisotopic (exact) mass is 1090 g/mol. The van der Waals surface area contributed by atoms with Gasteiger partial charge < -0.3 is 44.4 Å². The van der Waals surface area contributed by atoms with E-state index >= 15 is 0 Å². The quantitative estimate of drug-likeness (QED) is 0.0455. The number of nitrogens with one attached hydrogen (secondary N) is 1. The number of allylic oxidation sites excluding steroid dienone is 1. The van der Waals surface area contributed by atoms with Gasteiger partial charge in [-0.2, -0.15) is 15.3 Å². The van der Waals surface area contributed by atoms with Gasteiger partial charge in [0.1, 0.15) is 46.2 Å². The third kappa shape index (κ3) is 13.2. The number of hydrazone groups is 1. The Morgan fingerprint density at radius 2 is 1.11 bits per heavy atom. The van der Waals surface area contributed by atoms with Crippen LogP contribution in [-0.4, -0.2) is 63.4 Å². The van der Waals surface area contributed by atoms with Crippen molar-refractivity contribution in [3.05, 3.63) is 82.8 Å². The second-order valence-electron chi connectivity index (χ2n) is 11.8. The van der Waals surface area contributed by atoms with Crippen molar-refractivity contribution in [2.75, 3.05) is 11.2 Å². The molecule has 3 N–H and O–H groups in total. The summed E-state index contributed by atoms with van der Waals surface area (Å²) in [5.74, 6) is -5.71. The molecule has 0 unspecified atom stereocenters. The maximum atomic E-state index is 13.2. The van der Waals surface area contributed by atoms with E-state index in [1.807, 2.05) is 0 Å². The van der Waals surface area contributed by atoms with Crippen molar-refractivity contribution in [2.24, 2.45) is 15.3 Å². The minimum absolute atomic E-state index is 0. The Morgan fingerprint density at radius 3 is 1.62 bits per heavy atom. The molecular weight excluding hydrogens is 1070 g/mol. The van der Waals surface area contributed by atoms with E-state index < -0.39 is 139 Å². The van der Waals surface area contributed by atoms with E-state index in [0.717, 1.165) is 36.4 Å². The molecule has 0 spiro atoms. The molecule has 0 heterocycles. The zero-order valence-electron chi connectivity index (χ0n) is 32.5. The van der Waals surface area contributed by atoms with Gasteiger partial charge in [0.05, 0.1) is 36.7 Å². The number of rotatable bonds is 9. The van der Waals surface area contributed by atoms with Gasteiger partial charge in [0.25, 0.3) is 0 Å². The number of nitrogens with two attached hydrogens (primary N) is 1. The molecule has 22 nitrogen and oxygen atoms in total. The van der Waals surface area contributed by atoms with Gasteiger partial charge in [-0.25, -0.2) is 33.7 Å². The summed E-state index contributed by atoms with van der Waals surface area (Å²) in [6, 6.07) is 9.55. The van der Waals surface area contributed by atoms with Crippen LogP contribution in [0.25, 0.3) is 28.0 Å². The van der Waals surface area contributed by atoms with E-state index in [2.05, 4.69) is 20.8 Å². The summed E-state index contributed by atoms with van der Waals surface area (Å²) in [5.41, 5.74) is 3.06. The fourth-order valence-corrected chi connectivity index (χ4v) is 8.16. The fourth-order valence-electron chi connectivity index (χ4n) is 5.58. The zero-order valence-corrected chi connectivity index (χ0v) is 45.7. The largest absolute Gasteiger partial charge is 2.00 e. The predicted molar refractivity (Wildman–Crippen MR) is 186 cm³/mol. The van der Waals surface area contributed by atoms with Crippen LogP contribution >= 0.6 is 0 Å². The summed E-state index contributed by atoms with van der Waals surface area (Å²) in [4.78, 5) is 8.14. The minimum Gasteiger partial charge on any atom is -0.872 e. The number of carbonyl (C=O) groups is 1. The molecule has 6 rings (SSSR count). The van der Waals surface area contributed by atoms with E-state index in [4.69, 9.17) is 5.73 Å². The van der Waals surface area contributed by atoms with E-state index in [0.29, 0.717) is 18.2 Å². The molecule has 0 saturated heterocycles. The van der Waals surface area contributed by atoms with Crippen LogP contribution in [0.2, 0.25) is 0 Å². The molecule has 0 amide bonds. The van der Waals surface area contributed by atoms with Gasteiger partial charge in [-0.15, -0.1) is 0 Å². The number of fused-ring (bicyclic) bond motifs is 2. The molecule has 0 aromatic heterocycles. The van der Waals surface area contributed by atoms with Crippen molar-refractivity contribution in [1.29, 1.82) is 0 Å². The number of anilines is 2. The summed E-state index contributed by atoms with van der Waals surface area (Å²) in [5, 5.41) is 61.0. The third-order valence-corrected chi connectivity index (χ3v) is 11.6. The van der Waals surface area contributed by atoms with Crippen LogP contribution in [0.1, 0.15) is 15.9 Å². The molecule has 0 saturated carbocycles. The van der Waals surface area contributed by atoms with Crippen LogP contribution in [0, 0.1) is 0 Å². The average molecular weight is 1090 g/mol. The first kappa shape index (κ1) is 62.5. The van der Waals surface area contributed by atoms with E-state index in [1.165, 1.54) is 12.1 Å². The molecule has 5 aromatic carbocycles. The van der Waals surface area contributed by atoms with E-state index in [9.17, 15) is 77.1 Å². The Kier molecular flexibility index (Phi) is 22.7. The van der Waals surface area contributed by atoms with E-state index in [1.54, 1.807) is 0 Å². The molecule has 0 fully saturated rings. The predicted octanol–water partition coefficient (Wildman–Crippen LogP) is -11.9. The topological polar surface area (TPSA) is 413 Å².